The van der Waals surface area contributed by atoms with E-state index in [0.29, 0.717) is 11.6 Å². The van der Waals surface area contributed by atoms with Crippen LogP contribution in [0.3, 0.4) is 0 Å². The zero-order chi connectivity index (χ0) is 12.7. The lowest BCUT2D eigenvalue weighted by molar-refractivity contribution is -0.118. The lowest BCUT2D eigenvalue weighted by Gasteiger charge is -2.12. The quantitative estimate of drug-likeness (QED) is 0.708. The maximum Gasteiger partial charge on any atom is 0.250 e. The number of benzene rings is 1. The van der Waals surface area contributed by atoms with Crippen LogP contribution in [0.15, 0.2) is 24.3 Å². The van der Waals surface area contributed by atoms with Crippen molar-refractivity contribution in [2.45, 2.75) is 20.3 Å². The number of aliphatic hydroxyl groups excluding tert-OH is 1. The van der Waals surface area contributed by atoms with Gasteiger partial charge in [0.1, 0.15) is 6.61 Å². The molecule has 0 saturated heterocycles. The fourth-order valence-corrected chi connectivity index (χ4v) is 1.34. The van der Waals surface area contributed by atoms with Gasteiger partial charge in [-0.1, -0.05) is 26.3 Å². The first kappa shape index (κ1) is 13.5. The number of anilines is 2. The van der Waals surface area contributed by atoms with Gasteiger partial charge in [-0.3, -0.25) is 4.79 Å². The van der Waals surface area contributed by atoms with E-state index in [2.05, 4.69) is 24.5 Å². The van der Waals surface area contributed by atoms with E-state index in [1.807, 2.05) is 18.2 Å². The molecule has 0 aliphatic carbocycles. The first-order chi connectivity index (χ1) is 8.15. The van der Waals surface area contributed by atoms with E-state index in [1.54, 1.807) is 6.07 Å². The molecule has 0 aliphatic heterocycles. The molecule has 0 fully saturated rings. The highest BCUT2D eigenvalue weighted by Gasteiger charge is 2.02. The first-order valence-corrected chi connectivity index (χ1v) is 5.90. The summed E-state index contributed by atoms with van der Waals surface area (Å²) >= 11 is 0. The normalized spacial score (nSPS) is 11.9. The molecule has 1 rings (SSSR count). The van der Waals surface area contributed by atoms with Crippen molar-refractivity contribution >= 4 is 17.3 Å². The third kappa shape index (κ3) is 4.87. The summed E-state index contributed by atoms with van der Waals surface area (Å²) in [5, 5.41) is 14.6. The first-order valence-electron chi connectivity index (χ1n) is 5.90. The van der Waals surface area contributed by atoms with Crippen LogP contribution in [0.25, 0.3) is 0 Å². The molecule has 4 nitrogen and oxygen atoms in total. The standard InChI is InChI=1S/C13H20N2O2/c1-3-10(2)8-14-11-5-4-6-12(7-11)15-13(17)9-16/h4-7,10,14,16H,3,8-9H2,1-2H3,(H,15,17). The van der Waals surface area contributed by atoms with Crippen molar-refractivity contribution in [1.29, 1.82) is 0 Å². The third-order valence-electron chi connectivity index (χ3n) is 2.64. The molecule has 0 heterocycles. The average molecular weight is 236 g/mol. The Bertz CT molecular complexity index is 366. The Kier molecular flexibility index (Phi) is 5.49. The minimum atomic E-state index is -0.496. The number of aliphatic hydroxyl groups is 1. The van der Waals surface area contributed by atoms with Gasteiger partial charge in [-0.2, -0.15) is 0 Å². The lowest BCUT2D eigenvalue weighted by Crippen LogP contribution is -2.15. The van der Waals surface area contributed by atoms with Crippen molar-refractivity contribution in [3.63, 3.8) is 0 Å². The SMILES string of the molecule is CCC(C)CNc1cccc(NC(=O)CO)c1. The maximum atomic E-state index is 11.0. The van der Waals surface area contributed by atoms with Crippen molar-refractivity contribution < 1.29 is 9.90 Å². The van der Waals surface area contributed by atoms with Gasteiger partial charge in [0, 0.05) is 17.9 Å². The van der Waals surface area contributed by atoms with Crippen LogP contribution in [-0.4, -0.2) is 24.2 Å². The van der Waals surface area contributed by atoms with Gasteiger partial charge in [0.25, 0.3) is 0 Å². The largest absolute Gasteiger partial charge is 0.387 e. The fraction of sp³-hybridized carbons (Fsp3) is 0.462. The number of nitrogens with one attached hydrogen (secondary N) is 2. The van der Waals surface area contributed by atoms with E-state index < -0.39 is 12.5 Å². The van der Waals surface area contributed by atoms with Crippen LogP contribution in [0.2, 0.25) is 0 Å². The smallest absolute Gasteiger partial charge is 0.250 e. The van der Waals surface area contributed by atoms with Crippen LogP contribution in [-0.2, 0) is 4.79 Å². The topological polar surface area (TPSA) is 61.4 Å². The number of amides is 1. The van der Waals surface area contributed by atoms with Crippen LogP contribution in [0.1, 0.15) is 20.3 Å². The Morgan fingerprint density at radius 2 is 2.12 bits per heavy atom. The van der Waals surface area contributed by atoms with E-state index >= 15 is 0 Å². The van der Waals surface area contributed by atoms with Gasteiger partial charge in [-0.05, 0) is 24.1 Å². The van der Waals surface area contributed by atoms with Gasteiger partial charge < -0.3 is 15.7 Å². The zero-order valence-corrected chi connectivity index (χ0v) is 10.4. The molecule has 0 radical (unpaired) electrons. The highest BCUT2D eigenvalue weighted by atomic mass is 16.3. The van der Waals surface area contributed by atoms with Gasteiger partial charge >= 0.3 is 0 Å². The molecule has 0 saturated carbocycles. The van der Waals surface area contributed by atoms with E-state index in [-0.39, 0.29) is 0 Å². The second kappa shape index (κ2) is 6.91. The Balaban J connectivity index is 2.56. The molecule has 1 amide bonds. The van der Waals surface area contributed by atoms with Gasteiger partial charge in [0.2, 0.25) is 5.91 Å². The molecule has 0 spiro atoms. The molecule has 0 aliphatic rings. The van der Waals surface area contributed by atoms with Crippen molar-refractivity contribution in [1.82, 2.24) is 0 Å². The Morgan fingerprint density at radius 3 is 2.76 bits per heavy atom. The highest BCUT2D eigenvalue weighted by molar-refractivity contribution is 5.91. The summed E-state index contributed by atoms with van der Waals surface area (Å²) in [5.74, 6) is 0.217. The molecule has 1 atom stereocenters. The van der Waals surface area contributed by atoms with Gasteiger partial charge in [0.05, 0.1) is 0 Å². The molecule has 1 aromatic rings. The van der Waals surface area contributed by atoms with Gasteiger partial charge in [0.15, 0.2) is 0 Å². The number of rotatable bonds is 6. The van der Waals surface area contributed by atoms with E-state index in [1.165, 1.54) is 0 Å². The summed E-state index contributed by atoms with van der Waals surface area (Å²) in [5.41, 5.74) is 1.67. The third-order valence-corrected chi connectivity index (χ3v) is 2.64. The predicted molar refractivity (Wildman–Crippen MR) is 70.1 cm³/mol. The molecule has 3 N–H and O–H groups in total. The minimum Gasteiger partial charge on any atom is -0.387 e. The molecule has 94 valence electrons. The average Bonchev–Trinajstić information content (AvgIpc) is 2.36. The van der Waals surface area contributed by atoms with E-state index in [9.17, 15) is 4.79 Å². The summed E-state index contributed by atoms with van der Waals surface area (Å²) in [6, 6.07) is 7.47. The summed E-state index contributed by atoms with van der Waals surface area (Å²) in [4.78, 5) is 11.0. The van der Waals surface area contributed by atoms with E-state index in [4.69, 9.17) is 5.11 Å². The molecule has 0 bridgehead atoms. The Morgan fingerprint density at radius 1 is 1.41 bits per heavy atom. The monoisotopic (exact) mass is 236 g/mol. The van der Waals surface area contributed by atoms with Crippen molar-refractivity contribution in [2.75, 3.05) is 23.8 Å². The molecule has 0 aromatic heterocycles. The summed E-state index contributed by atoms with van der Waals surface area (Å²) < 4.78 is 0. The zero-order valence-electron chi connectivity index (χ0n) is 10.4. The van der Waals surface area contributed by atoms with Gasteiger partial charge in [-0.15, -0.1) is 0 Å². The Labute approximate surface area is 102 Å². The molecular weight excluding hydrogens is 216 g/mol. The number of carbonyl (C=O) groups is 1. The summed E-state index contributed by atoms with van der Waals surface area (Å²) in [6.07, 6.45) is 1.13. The van der Waals surface area contributed by atoms with Gasteiger partial charge in [-0.25, -0.2) is 0 Å². The molecular formula is C13H20N2O2. The fourth-order valence-electron chi connectivity index (χ4n) is 1.34. The van der Waals surface area contributed by atoms with Crippen LogP contribution in [0, 0.1) is 5.92 Å². The van der Waals surface area contributed by atoms with Crippen LogP contribution < -0.4 is 10.6 Å². The van der Waals surface area contributed by atoms with Crippen molar-refractivity contribution in [2.24, 2.45) is 5.92 Å². The molecule has 17 heavy (non-hydrogen) atoms. The van der Waals surface area contributed by atoms with Crippen LogP contribution >= 0.6 is 0 Å². The lowest BCUT2D eigenvalue weighted by atomic mass is 10.1. The second-order valence-electron chi connectivity index (χ2n) is 4.18. The predicted octanol–water partition coefficient (Wildman–Crippen LogP) is 2.08. The number of carbonyl (C=O) groups excluding carboxylic acids is 1. The van der Waals surface area contributed by atoms with E-state index in [0.717, 1.165) is 18.7 Å². The molecule has 1 unspecified atom stereocenters. The van der Waals surface area contributed by atoms with Crippen molar-refractivity contribution in [3.8, 4) is 0 Å². The van der Waals surface area contributed by atoms with Crippen LogP contribution in [0.5, 0.6) is 0 Å². The van der Waals surface area contributed by atoms with Crippen molar-refractivity contribution in [3.05, 3.63) is 24.3 Å². The van der Waals surface area contributed by atoms with Crippen LogP contribution in [0.4, 0.5) is 11.4 Å². The second-order valence-corrected chi connectivity index (χ2v) is 4.18. The maximum absolute atomic E-state index is 11.0. The summed E-state index contributed by atoms with van der Waals surface area (Å²) in [6.45, 7) is 4.76. The summed E-state index contributed by atoms with van der Waals surface area (Å²) in [7, 11) is 0. The Hall–Kier alpha value is -1.55. The number of hydrogen-bond donors (Lipinski definition) is 3. The highest BCUT2D eigenvalue weighted by Crippen LogP contribution is 2.15. The molecule has 1 aromatic carbocycles. The molecule has 4 heteroatoms. The minimum absolute atomic E-state index is 0.399. The number of hydrogen-bond acceptors (Lipinski definition) is 3.